The van der Waals surface area contributed by atoms with Crippen LogP contribution >= 0.6 is 0 Å². The number of aliphatic hydroxyl groups excluding tert-OH is 2. The molecule has 4 atom stereocenters. The first-order valence-electron chi connectivity index (χ1n) is 11.2. The predicted octanol–water partition coefficient (Wildman–Crippen LogP) is 0.581. The summed E-state index contributed by atoms with van der Waals surface area (Å²) in [5, 5.41) is 27.0. The molecule has 1 fully saturated rings. The average molecular weight is 494 g/mol. The lowest BCUT2D eigenvalue weighted by Gasteiger charge is -2.26. The third kappa shape index (κ3) is 4.23. The summed E-state index contributed by atoms with van der Waals surface area (Å²) >= 11 is 0. The highest BCUT2D eigenvalue weighted by Crippen LogP contribution is 2.34. The number of amides is 1. The number of pyridine rings is 2. The van der Waals surface area contributed by atoms with Crippen LogP contribution in [0.2, 0.25) is 0 Å². The Morgan fingerprint density at radius 1 is 1.17 bits per heavy atom. The molecule has 4 N–H and O–H groups in total. The molecule has 0 spiro atoms. The van der Waals surface area contributed by atoms with Crippen molar-refractivity contribution in [2.24, 2.45) is 0 Å². The SMILES string of the molecule is Cc1ccnc(CNc2nc(-c3cncc(F)c3)nc3c2ncn3[C@H]2[C@H](O)[C@H](O)[C@@H](NC=O)N2C)c1. The Balaban J connectivity index is 1.61. The summed E-state index contributed by atoms with van der Waals surface area (Å²) in [6.45, 7) is 2.31. The van der Waals surface area contributed by atoms with Crippen molar-refractivity contribution in [2.75, 3.05) is 12.4 Å². The van der Waals surface area contributed by atoms with Gasteiger partial charge in [-0.05, 0) is 37.7 Å². The van der Waals surface area contributed by atoms with Gasteiger partial charge < -0.3 is 20.8 Å². The first kappa shape index (κ1) is 23.7. The number of halogens is 1. The summed E-state index contributed by atoms with van der Waals surface area (Å²) in [6, 6.07) is 5.10. The van der Waals surface area contributed by atoms with E-state index in [0.717, 1.165) is 17.5 Å². The maximum absolute atomic E-state index is 13.9. The molecule has 4 aromatic rings. The number of likely N-dealkylation sites (N-methyl/N-ethyl adjacent to an activating group) is 1. The molecule has 13 heteroatoms. The summed E-state index contributed by atoms with van der Waals surface area (Å²) in [6.07, 6.45) is 2.05. The molecule has 0 unspecified atom stereocenters. The van der Waals surface area contributed by atoms with Crippen molar-refractivity contribution in [3.05, 3.63) is 60.2 Å². The first-order valence-corrected chi connectivity index (χ1v) is 11.2. The van der Waals surface area contributed by atoms with Gasteiger partial charge in [0.2, 0.25) is 6.41 Å². The number of imidazole rings is 1. The zero-order valence-corrected chi connectivity index (χ0v) is 19.4. The molecule has 4 aromatic heterocycles. The Morgan fingerprint density at radius 2 is 2.00 bits per heavy atom. The number of hydrogen-bond acceptors (Lipinski definition) is 10. The molecule has 0 bridgehead atoms. The zero-order chi connectivity index (χ0) is 25.4. The van der Waals surface area contributed by atoms with E-state index in [2.05, 4.69) is 35.6 Å². The Labute approximate surface area is 204 Å². The van der Waals surface area contributed by atoms with Crippen molar-refractivity contribution in [1.82, 2.24) is 39.7 Å². The van der Waals surface area contributed by atoms with Gasteiger partial charge in [0.15, 0.2) is 22.8 Å². The van der Waals surface area contributed by atoms with Crippen LogP contribution in [0.15, 0.2) is 43.1 Å². The minimum Gasteiger partial charge on any atom is -0.387 e. The molecule has 12 nitrogen and oxygen atoms in total. The topological polar surface area (TPSA) is 154 Å². The number of aliphatic hydroxyl groups is 2. The number of nitrogens with zero attached hydrogens (tertiary/aromatic N) is 7. The van der Waals surface area contributed by atoms with Gasteiger partial charge >= 0.3 is 0 Å². The van der Waals surface area contributed by atoms with Gasteiger partial charge in [-0.25, -0.2) is 19.3 Å². The van der Waals surface area contributed by atoms with Crippen LogP contribution in [-0.4, -0.2) is 76.4 Å². The number of rotatable bonds is 7. The molecule has 0 saturated carbocycles. The molecular formula is C23H24FN9O3. The predicted molar refractivity (Wildman–Crippen MR) is 127 cm³/mol. The molecule has 5 rings (SSSR count). The van der Waals surface area contributed by atoms with Crippen LogP contribution in [0.4, 0.5) is 10.2 Å². The van der Waals surface area contributed by atoms with Crippen molar-refractivity contribution in [2.45, 2.75) is 38.0 Å². The number of hydrogen-bond donors (Lipinski definition) is 4. The maximum atomic E-state index is 13.9. The largest absolute Gasteiger partial charge is 0.387 e. The van der Waals surface area contributed by atoms with Crippen molar-refractivity contribution in [1.29, 1.82) is 0 Å². The van der Waals surface area contributed by atoms with Gasteiger partial charge in [0.25, 0.3) is 0 Å². The van der Waals surface area contributed by atoms with Crippen LogP contribution in [0.25, 0.3) is 22.6 Å². The van der Waals surface area contributed by atoms with Gasteiger partial charge in [-0.3, -0.25) is 24.2 Å². The normalized spacial score (nSPS) is 22.1. The van der Waals surface area contributed by atoms with Gasteiger partial charge in [0.1, 0.15) is 30.4 Å². The van der Waals surface area contributed by atoms with Crippen LogP contribution in [0, 0.1) is 12.7 Å². The van der Waals surface area contributed by atoms with Crippen molar-refractivity contribution in [3.8, 4) is 11.4 Å². The number of carbonyl (C=O) groups excluding carboxylic acids is 1. The van der Waals surface area contributed by atoms with Gasteiger partial charge in [-0.15, -0.1) is 0 Å². The highest BCUT2D eigenvalue weighted by molar-refractivity contribution is 5.85. The summed E-state index contributed by atoms with van der Waals surface area (Å²) in [5.74, 6) is 0.0220. The minimum absolute atomic E-state index is 0.189. The number of anilines is 1. The van der Waals surface area contributed by atoms with Crippen LogP contribution in [0.1, 0.15) is 17.4 Å². The third-order valence-corrected chi connectivity index (χ3v) is 6.15. The molecule has 1 aliphatic heterocycles. The molecule has 1 amide bonds. The standard InChI is InChI=1S/C23H24FN9O3/c1-12-3-4-26-15(5-12)9-27-20-16-21(31-19(30-20)13-6-14(24)8-25-7-13)33(10-28-16)23-18(36)17(35)22(29-11-34)32(23)2/h3-8,10-11,17-18,22-23,35-36H,9H2,1-2H3,(H,29,34)(H,27,30,31)/t17-,18+,22-,23-/m0/s1. The van der Waals surface area contributed by atoms with E-state index in [1.165, 1.54) is 18.6 Å². The molecular weight excluding hydrogens is 469 g/mol. The zero-order valence-electron chi connectivity index (χ0n) is 19.4. The van der Waals surface area contributed by atoms with E-state index in [0.29, 0.717) is 35.5 Å². The van der Waals surface area contributed by atoms with Gasteiger partial charge in [0, 0.05) is 18.0 Å². The fourth-order valence-corrected chi connectivity index (χ4v) is 4.42. The Morgan fingerprint density at radius 3 is 2.75 bits per heavy atom. The highest BCUT2D eigenvalue weighted by Gasteiger charge is 2.47. The number of nitrogens with one attached hydrogen (secondary N) is 2. The fourth-order valence-electron chi connectivity index (χ4n) is 4.42. The number of likely N-dealkylation sites (tertiary alicyclic amines) is 1. The number of aromatic nitrogens is 6. The van der Waals surface area contributed by atoms with Gasteiger partial charge in [0.05, 0.1) is 24.8 Å². The van der Waals surface area contributed by atoms with E-state index in [1.54, 1.807) is 22.7 Å². The highest BCUT2D eigenvalue weighted by atomic mass is 19.1. The Hall–Kier alpha value is -4.07. The molecule has 0 aliphatic carbocycles. The van der Waals surface area contributed by atoms with E-state index >= 15 is 0 Å². The Bertz CT molecular complexity index is 1410. The molecule has 5 heterocycles. The van der Waals surface area contributed by atoms with E-state index in [1.807, 2.05) is 19.1 Å². The smallest absolute Gasteiger partial charge is 0.208 e. The second kappa shape index (κ2) is 9.53. The molecule has 0 radical (unpaired) electrons. The summed E-state index contributed by atoms with van der Waals surface area (Å²) in [4.78, 5) is 34.5. The van der Waals surface area contributed by atoms with Gasteiger partial charge in [-0.1, -0.05) is 0 Å². The van der Waals surface area contributed by atoms with Crippen LogP contribution in [0.5, 0.6) is 0 Å². The number of fused-ring (bicyclic) bond motifs is 1. The molecule has 0 aromatic carbocycles. The molecule has 186 valence electrons. The minimum atomic E-state index is -1.26. The van der Waals surface area contributed by atoms with E-state index in [4.69, 9.17) is 0 Å². The second-order valence-corrected chi connectivity index (χ2v) is 8.58. The van der Waals surface area contributed by atoms with Crippen LogP contribution in [0.3, 0.4) is 0 Å². The molecule has 1 aliphatic rings. The lowest BCUT2D eigenvalue weighted by molar-refractivity contribution is -0.112. The summed E-state index contributed by atoms with van der Waals surface area (Å²) in [7, 11) is 1.65. The lowest BCUT2D eigenvalue weighted by atomic mass is 10.2. The van der Waals surface area contributed by atoms with Crippen molar-refractivity contribution < 1.29 is 19.4 Å². The quantitative estimate of drug-likeness (QED) is 0.269. The third-order valence-electron chi connectivity index (χ3n) is 6.15. The van der Waals surface area contributed by atoms with E-state index in [-0.39, 0.29) is 5.82 Å². The second-order valence-electron chi connectivity index (χ2n) is 8.58. The number of aryl methyl sites for hydroxylation is 1. The van der Waals surface area contributed by atoms with E-state index < -0.39 is 30.4 Å². The first-order chi connectivity index (χ1) is 17.4. The Kier molecular flexibility index (Phi) is 6.26. The van der Waals surface area contributed by atoms with Crippen LogP contribution in [-0.2, 0) is 11.3 Å². The lowest BCUT2D eigenvalue weighted by Crippen LogP contribution is -2.45. The van der Waals surface area contributed by atoms with E-state index in [9.17, 15) is 19.4 Å². The van der Waals surface area contributed by atoms with Crippen molar-refractivity contribution in [3.63, 3.8) is 0 Å². The molecule has 36 heavy (non-hydrogen) atoms. The summed E-state index contributed by atoms with van der Waals surface area (Å²) in [5.41, 5.74) is 2.92. The fraction of sp³-hybridized carbons (Fsp3) is 0.304. The maximum Gasteiger partial charge on any atom is 0.208 e. The average Bonchev–Trinajstić information content (AvgIpc) is 3.37. The van der Waals surface area contributed by atoms with Crippen LogP contribution < -0.4 is 10.6 Å². The molecule has 1 saturated heterocycles. The number of carbonyl (C=O) groups is 1. The monoisotopic (exact) mass is 493 g/mol. The van der Waals surface area contributed by atoms with Gasteiger partial charge in [-0.2, -0.15) is 0 Å². The van der Waals surface area contributed by atoms with Crippen molar-refractivity contribution >= 4 is 23.4 Å². The summed E-state index contributed by atoms with van der Waals surface area (Å²) < 4.78 is 15.5.